The van der Waals surface area contributed by atoms with E-state index in [1.807, 2.05) is 0 Å². The van der Waals surface area contributed by atoms with E-state index in [1.54, 1.807) is 10.9 Å². The number of nitrogens with one attached hydrogen (secondary N) is 1. The number of ether oxygens (including phenoxy) is 1. The fourth-order valence-electron chi connectivity index (χ4n) is 2.04. The molecule has 0 radical (unpaired) electrons. The Morgan fingerprint density at radius 1 is 1.39 bits per heavy atom. The van der Waals surface area contributed by atoms with Crippen molar-refractivity contribution in [2.45, 2.75) is 24.9 Å². The number of nitrogens with zero attached hydrogens (tertiary/aromatic N) is 3. The average Bonchev–Trinajstić information content (AvgIpc) is 2.78. The van der Waals surface area contributed by atoms with E-state index in [0.29, 0.717) is 22.2 Å². The SMILES string of the molecule is O[C@@H]1CO[C@H](n2cnc3c(=S)nc[nH]c32)C[C@@H]1O. The van der Waals surface area contributed by atoms with Crippen LogP contribution in [0.1, 0.15) is 12.6 Å². The molecule has 3 atom stereocenters. The van der Waals surface area contributed by atoms with Gasteiger partial charge in [0.1, 0.15) is 23.5 Å². The Bertz CT molecular complexity index is 625. The Hall–Kier alpha value is -1.35. The minimum absolute atomic E-state index is 0.0946. The van der Waals surface area contributed by atoms with Gasteiger partial charge in [0.2, 0.25) is 0 Å². The zero-order valence-electron chi connectivity index (χ0n) is 9.35. The number of fused-ring (bicyclic) bond motifs is 1. The Morgan fingerprint density at radius 3 is 3.00 bits per heavy atom. The maximum atomic E-state index is 9.67. The number of aromatic amines is 1. The summed E-state index contributed by atoms with van der Waals surface area (Å²) in [6, 6.07) is 0. The Kier molecular flexibility index (Phi) is 2.86. The van der Waals surface area contributed by atoms with Gasteiger partial charge in [-0.1, -0.05) is 12.2 Å². The summed E-state index contributed by atoms with van der Waals surface area (Å²) in [6.45, 7) is 0.0946. The van der Waals surface area contributed by atoms with Gasteiger partial charge in [0, 0.05) is 6.42 Å². The molecular formula is C10H12N4O3S. The van der Waals surface area contributed by atoms with Crippen LogP contribution in [0.3, 0.4) is 0 Å². The molecule has 1 aliphatic rings. The quantitative estimate of drug-likeness (QED) is 0.636. The van der Waals surface area contributed by atoms with Gasteiger partial charge in [0.25, 0.3) is 0 Å². The molecule has 0 aromatic carbocycles. The molecule has 0 spiro atoms. The lowest BCUT2D eigenvalue weighted by Gasteiger charge is -2.31. The second kappa shape index (κ2) is 4.39. The molecule has 8 heteroatoms. The summed E-state index contributed by atoms with van der Waals surface area (Å²) >= 11 is 5.07. The number of aromatic nitrogens is 4. The van der Waals surface area contributed by atoms with Crippen molar-refractivity contribution < 1.29 is 14.9 Å². The van der Waals surface area contributed by atoms with E-state index in [4.69, 9.17) is 17.0 Å². The molecule has 1 fully saturated rings. The van der Waals surface area contributed by atoms with Crippen molar-refractivity contribution in [1.29, 1.82) is 0 Å². The van der Waals surface area contributed by atoms with Crippen molar-refractivity contribution in [1.82, 2.24) is 19.5 Å². The van der Waals surface area contributed by atoms with E-state index in [0.717, 1.165) is 0 Å². The van der Waals surface area contributed by atoms with Crippen molar-refractivity contribution in [3.05, 3.63) is 17.3 Å². The fourth-order valence-corrected chi connectivity index (χ4v) is 2.24. The molecule has 2 aromatic heterocycles. The molecule has 2 aromatic rings. The highest BCUT2D eigenvalue weighted by Gasteiger charge is 2.30. The normalized spacial score (nSPS) is 28.7. The standard InChI is InChI=1S/C10H12N4O3S/c15-5-1-7(17-2-6(5)16)14-4-13-8-9(14)11-3-12-10(8)18/h3-7,15-16H,1-2H2,(H,11,12,18)/t5-,6+,7-/m0/s1. The van der Waals surface area contributed by atoms with E-state index >= 15 is 0 Å². The van der Waals surface area contributed by atoms with Gasteiger partial charge in [-0.3, -0.25) is 4.57 Å². The highest BCUT2D eigenvalue weighted by atomic mass is 32.1. The van der Waals surface area contributed by atoms with Crippen molar-refractivity contribution >= 4 is 23.4 Å². The van der Waals surface area contributed by atoms with E-state index < -0.39 is 12.2 Å². The van der Waals surface area contributed by atoms with E-state index in [2.05, 4.69) is 15.0 Å². The Labute approximate surface area is 107 Å². The van der Waals surface area contributed by atoms with Gasteiger partial charge < -0.3 is 19.9 Å². The smallest absolute Gasteiger partial charge is 0.157 e. The molecule has 96 valence electrons. The van der Waals surface area contributed by atoms with E-state index in [-0.39, 0.29) is 12.8 Å². The van der Waals surface area contributed by atoms with Gasteiger partial charge in [0.05, 0.1) is 25.4 Å². The van der Waals surface area contributed by atoms with E-state index in [1.165, 1.54) is 6.33 Å². The highest BCUT2D eigenvalue weighted by molar-refractivity contribution is 7.71. The van der Waals surface area contributed by atoms with Gasteiger partial charge in [-0.25, -0.2) is 9.97 Å². The number of rotatable bonds is 1. The lowest BCUT2D eigenvalue weighted by molar-refractivity contribution is -0.144. The van der Waals surface area contributed by atoms with Crippen LogP contribution in [0.4, 0.5) is 0 Å². The van der Waals surface area contributed by atoms with Crippen molar-refractivity contribution in [3.8, 4) is 0 Å². The molecule has 1 aliphatic heterocycles. The zero-order chi connectivity index (χ0) is 12.7. The maximum absolute atomic E-state index is 9.67. The summed E-state index contributed by atoms with van der Waals surface area (Å²) in [4.78, 5) is 11.1. The van der Waals surface area contributed by atoms with Crippen LogP contribution in [-0.4, -0.2) is 48.5 Å². The van der Waals surface area contributed by atoms with Crippen LogP contribution in [0.15, 0.2) is 12.7 Å². The van der Waals surface area contributed by atoms with Crippen LogP contribution in [0.5, 0.6) is 0 Å². The van der Waals surface area contributed by atoms with Crippen LogP contribution in [0.25, 0.3) is 11.2 Å². The first-order chi connectivity index (χ1) is 8.66. The number of aliphatic hydroxyl groups is 2. The first-order valence-electron chi connectivity index (χ1n) is 5.55. The third kappa shape index (κ3) is 1.83. The molecule has 0 aliphatic carbocycles. The second-order valence-corrected chi connectivity index (χ2v) is 4.60. The molecule has 3 heterocycles. The lowest BCUT2D eigenvalue weighted by Crippen LogP contribution is -2.39. The zero-order valence-corrected chi connectivity index (χ0v) is 10.2. The molecule has 0 unspecified atom stereocenters. The predicted octanol–water partition coefficient (Wildman–Crippen LogP) is 0.130. The first-order valence-corrected chi connectivity index (χ1v) is 5.95. The Morgan fingerprint density at radius 2 is 2.22 bits per heavy atom. The average molecular weight is 268 g/mol. The predicted molar refractivity (Wildman–Crippen MR) is 64.3 cm³/mol. The topological polar surface area (TPSA) is 96.2 Å². The Balaban J connectivity index is 2.00. The van der Waals surface area contributed by atoms with Crippen molar-refractivity contribution in [2.24, 2.45) is 0 Å². The van der Waals surface area contributed by atoms with Gasteiger partial charge in [0.15, 0.2) is 4.64 Å². The summed E-state index contributed by atoms with van der Waals surface area (Å²) in [5.74, 6) is 0. The highest BCUT2D eigenvalue weighted by Crippen LogP contribution is 2.26. The second-order valence-electron chi connectivity index (χ2n) is 4.22. The number of aliphatic hydroxyl groups excluding tert-OH is 2. The number of imidazole rings is 1. The molecule has 3 N–H and O–H groups in total. The monoisotopic (exact) mass is 268 g/mol. The molecule has 0 bridgehead atoms. The van der Waals surface area contributed by atoms with Crippen LogP contribution in [0.2, 0.25) is 0 Å². The molecular weight excluding hydrogens is 256 g/mol. The molecule has 3 rings (SSSR count). The molecule has 7 nitrogen and oxygen atoms in total. The van der Waals surface area contributed by atoms with Gasteiger partial charge >= 0.3 is 0 Å². The summed E-state index contributed by atoms with van der Waals surface area (Å²) in [5, 5.41) is 19.1. The number of H-pyrrole nitrogens is 1. The first kappa shape index (κ1) is 11.7. The van der Waals surface area contributed by atoms with Crippen molar-refractivity contribution in [2.75, 3.05) is 6.61 Å². The lowest BCUT2D eigenvalue weighted by atomic mass is 10.1. The summed E-state index contributed by atoms with van der Waals surface area (Å²) < 4.78 is 7.66. The third-order valence-electron chi connectivity index (χ3n) is 3.04. The van der Waals surface area contributed by atoms with Crippen LogP contribution in [-0.2, 0) is 4.74 Å². The van der Waals surface area contributed by atoms with Crippen molar-refractivity contribution in [3.63, 3.8) is 0 Å². The van der Waals surface area contributed by atoms with Gasteiger partial charge in [-0.15, -0.1) is 0 Å². The molecule has 0 saturated carbocycles. The number of hydrogen-bond acceptors (Lipinski definition) is 6. The number of hydrogen-bond donors (Lipinski definition) is 3. The minimum atomic E-state index is -0.837. The van der Waals surface area contributed by atoms with Crippen LogP contribution in [0, 0.1) is 4.64 Å². The minimum Gasteiger partial charge on any atom is -0.390 e. The van der Waals surface area contributed by atoms with Gasteiger partial charge in [-0.2, -0.15) is 0 Å². The molecule has 18 heavy (non-hydrogen) atoms. The summed E-state index contributed by atoms with van der Waals surface area (Å²) in [6.07, 6.45) is 1.38. The van der Waals surface area contributed by atoms with Crippen LogP contribution >= 0.6 is 12.2 Å². The third-order valence-corrected chi connectivity index (χ3v) is 3.34. The largest absolute Gasteiger partial charge is 0.390 e. The maximum Gasteiger partial charge on any atom is 0.157 e. The molecule has 1 saturated heterocycles. The summed E-state index contributed by atoms with van der Waals surface area (Å²) in [5.41, 5.74) is 1.29. The molecule has 0 amide bonds. The van der Waals surface area contributed by atoms with E-state index in [9.17, 15) is 10.2 Å². The fraction of sp³-hybridized carbons (Fsp3) is 0.500. The van der Waals surface area contributed by atoms with Gasteiger partial charge in [-0.05, 0) is 0 Å². The van der Waals surface area contributed by atoms with Crippen LogP contribution < -0.4 is 0 Å². The summed E-state index contributed by atoms with van der Waals surface area (Å²) in [7, 11) is 0.